The van der Waals surface area contributed by atoms with E-state index >= 15 is 0 Å². The van der Waals surface area contributed by atoms with Crippen molar-refractivity contribution >= 4 is 22.9 Å². The van der Waals surface area contributed by atoms with Crippen LogP contribution in [0.15, 0.2) is 47.6 Å². The van der Waals surface area contributed by atoms with Crippen molar-refractivity contribution in [1.82, 2.24) is 5.43 Å². The molecule has 4 rings (SSSR count). The maximum absolute atomic E-state index is 12.4. The Labute approximate surface area is 167 Å². The first kappa shape index (κ1) is 18.6. The number of benzene rings is 3. The van der Waals surface area contributed by atoms with Crippen molar-refractivity contribution in [2.75, 3.05) is 6.61 Å². The van der Waals surface area contributed by atoms with Crippen LogP contribution in [0.4, 0.5) is 0 Å². The fourth-order valence-corrected chi connectivity index (χ4v) is 3.18. The van der Waals surface area contributed by atoms with Gasteiger partial charge in [-0.15, -0.1) is 0 Å². The topological polar surface area (TPSA) is 100 Å². The Kier molecular flexibility index (Phi) is 4.72. The Hall–Kier alpha value is -3.74. The molecule has 0 radical (unpaired) electrons. The summed E-state index contributed by atoms with van der Waals surface area (Å²) in [5.74, 6) is 0.546. The number of phenols is 2. The predicted molar refractivity (Wildman–Crippen MR) is 109 cm³/mol. The third-order valence-electron chi connectivity index (χ3n) is 4.90. The van der Waals surface area contributed by atoms with Crippen LogP contribution in [0, 0.1) is 13.8 Å². The highest BCUT2D eigenvalue weighted by atomic mass is 16.6. The van der Waals surface area contributed by atoms with Gasteiger partial charge in [0.2, 0.25) is 6.10 Å². The number of carbonyl (C=O) groups excluding carboxylic acids is 1. The Morgan fingerprint density at radius 3 is 2.55 bits per heavy atom. The number of hydrogen-bond donors (Lipinski definition) is 3. The van der Waals surface area contributed by atoms with Gasteiger partial charge in [-0.25, -0.2) is 5.43 Å². The third-order valence-corrected chi connectivity index (χ3v) is 4.90. The van der Waals surface area contributed by atoms with E-state index in [1.165, 1.54) is 12.3 Å². The molecule has 7 heteroatoms. The van der Waals surface area contributed by atoms with Crippen molar-refractivity contribution in [3.05, 3.63) is 59.2 Å². The number of aryl methyl sites for hydroxylation is 1. The number of aromatic hydroxyl groups is 2. The van der Waals surface area contributed by atoms with Gasteiger partial charge in [0.25, 0.3) is 5.91 Å². The number of amides is 1. The van der Waals surface area contributed by atoms with Crippen molar-refractivity contribution < 1.29 is 24.5 Å². The lowest BCUT2D eigenvalue weighted by atomic mass is 10.0. The molecule has 0 saturated heterocycles. The van der Waals surface area contributed by atoms with Gasteiger partial charge in [-0.1, -0.05) is 24.3 Å². The van der Waals surface area contributed by atoms with Crippen LogP contribution in [0.25, 0.3) is 10.8 Å². The minimum absolute atomic E-state index is 0.000120. The van der Waals surface area contributed by atoms with Gasteiger partial charge in [0.05, 0.1) is 6.21 Å². The highest BCUT2D eigenvalue weighted by molar-refractivity contribution is 5.89. The highest BCUT2D eigenvalue weighted by Gasteiger charge is 2.27. The third kappa shape index (κ3) is 3.54. The molecule has 1 amide bonds. The first-order valence-corrected chi connectivity index (χ1v) is 9.11. The molecule has 1 aliphatic heterocycles. The molecule has 1 atom stereocenters. The van der Waals surface area contributed by atoms with Gasteiger partial charge in [0, 0.05) is 11.1 Å². The Bertz CT molecular complexity index is 1140. The zero-order chi connectivity index (χ0) is 20.5. The highest BCUT2D eigenvalue weighted by Crippen LogP contribution is 2.36. The Morgan fingerprint density at radius 2 is 1.83 bits per heavy atom. The van der Waals surface area contributed by atoms with Crippen LogP contribution in [-0.2, 0) is 4.79 Å². The number of hydrogen-bond acceptors (Lipinski definition) is 6. The lowest BCUT2D eigenvalue weighted by Gasteiger charge is -2.25. The summed E-state index contributed by atoms with van der Waals surface area (Å²) in [6, 6.07) is 13.1. The molecule has 3 aromatic rings. The molecule has 29 heavy (non-hydrogen) atoms. The molecule has 0 aliphatic carbocycles. The molecule has 0 saturated carbocycles. The summed E-state index contributed by atoms with van der Waals surface area (Å²) < 4.78 is 11.5. The van der Waals surface area contributed by atoms with Gasteiger partial charge >= 0.3 is 0 Å². The number of ether oxygens (including phenoxy) is 2. The second-order valence-corrected chi connectivity index (χ2v) is 6.90. The fraction of sp³-hybridized carbons (Fsp3) is 0.182. The van der Waals surface area contributed by atoms with Crippen LogP contribution >= 0.6 is 0 Å². The maximum atomic E-state index is 12.4. The van der Waals surface area contributed by atoms with Crippen molar-refractivity contribution in [2.45, 2.75) is 20.0 Å². The summed E-state index contributed by atoms with van der Waals surface area (Å²) in [5, 5.41) is 25.8. The van der Waals surface area contributed by atoms with E-state index in [1.807, 2.05) is 36.4 Å². The lowest BCUT2D eigenvalue weighted by Crippen LogP contribution is -2.42. The molecule has 1 heterocycles. The average Bonchev–Trinajstić information content (AvgIpc) is 2.72. The van der Waals surface area contributed by atoms with Crippen molar-refractivity contribution in [3.63, 3.8) is 0 Å². The van der Waals surface area contributed by atoms with Crippen LogP contribution in [0.3, 0.4) is 0 Å². The first-order valence-electron chi connectivity index (χ1n) is 9.11. The standard InChI is InChI=1S/C22H20N2O5/c1-12-7-17(25)13(2)21(26)16(12)10-23-24-22(27)20-11-28-18-8-14-5-3-4-6-15(14)9-19(18)29-20/h3-10,20,25-26H,11H2,1-2H3,(H,24,27)/b23-10+. The predicted octanol–water partition coefficient (Wildman–Crippen LogP) is 3.16. The molecule has 1 aliphatic rings. The minimum Gasteiger partial charge on any atom is -0.508 e. The molecule has 148 valence electrons. The summed E-state index contributed by atoms with van der Waals surface area (Å²) in [6.45, 7) is 3.38. The maximum Gasteiger partial charge on any atom is 0.284 e. The number of nitrogens with one attached hydrogen (secondary N) is 1. The minimum atomic E-state index is -0.850. The van der Waals surface area contributed by atoms with E-state index in [9.17, 15) is 15.0 Å². The Morgan fingerprint density at radius 1 is 1.14 bits per heavy atom. The number of rotatable bonds is 3. The van der Waals surface area contributed by atoms with E-state index in [1.54, 1.807) is 13.8 Å². The van der Waals surface area contributed by atoms with E-state index in [0.29, 0.717) is 28.2 Å². The number of fused-ring (bicyclic) bond motifs is 2. The van der Waals surface area contributed by atoms with Crippen LogP contribution in [-0.4, -0.2) is 35.0 Å². The normalized spacial score (nSPS) is 15.6. The molecule has 0 fully saturated rings. The average molecular weight is 392 g/mol. The smallest absolute Gasteiger partial charge is 0.284 e. The number of carbonyl (C=O) groups is 1. The largest absolute Gasteiger partial charge is 0.508 e. The van der Waals surface area contributed by atoms with Gasteiger partial charge in [-0.2, -0.15) is 5.10 Å². The fourth-order valence-electron chi connectivity index (χ4n) is 3.18. The van der Waals surface area contributed by atoms with E-state index in [4.69, 9.17) is 9.47 Å². The van der Waals surface area contributed by atoms with Crippen LogP contribution in [0.5, 0.6) is 23.0 Å². The number of nitrogens with zero attached hydrogens (tertiary/aromatic N) is 1. The van der Waals surface area contributed by atoms with Gasteiger partial charge in [0.15, 0.2) is 11.5 Å². The molecule has 7 nitrogen and oxygen atoms in total. The number of hydrazone groups is 1. The SMILES string of the molecule is Cc1cc(O)c(C)c(O)c1/C=N/NC(=O)C1COc2cc3ccccc3cc2O1. The number of phenolic OH excluding ortho intramolecular Hbond substituents is 2. The van der Waals surface area contributed by atoms with Crippen molar-refractivity contribution in [2.24, 2.45) is 5.10 Å². The first-order chi connectivity index (χ1) is 13.9. The molecule has 3 aromatic carbocycles. The molecular weight excluding hydrogens is 372 g/mol. The van der Waals surface area contributed by atoms with E-state index < -0.39 is 12.0 Å². The van der Waals surface area contributed by atoms with Gasteiger partial charge in [-0.05, 0) is 48.4 Å². The second-order valence-electron chi connectivity index (χ2n) is 6.90. The lowest BCUT2D eigenvalue weighted by molar-refractivity contribution is -0.130. The molecule has 0 spiro atoms. The summed E-state index contributed by atoms with van der Waals surface area (Å²) in [5.41, 5.74) is 3.79. The summed E-state index contributed by atoms with van der Waals surface area (Å²) in [7, 11) is 0. The molecule has 3 N–H and O–H groups in total. The summed E-state index contributed by atoms with van der Waals surface area (Å²) >= 11 is 0. The second kappa shape index (κ2) is 7.35. The van der Waals surface area contributed by atoms with Crippen LogP contribution < -0.4 is 14.9 Å². The zero-order valence-electron chi connectivity index (χ0n) is 16.0. The molecule has 0 bridgehead atoms. The van der Waals surface area contributed by atoms with Crippen LogP contribution in [0.2, 0.25) is 0 Å². The Balaban J connectivity index is 1.47. The quantitative estimate of drug-likeness (QED) is 0.470. The van der Waals surface area contributed by atoms with Crippen LogP contribution in [0.1, 0.15) is 16.7 Å². The van der Waals surface area contributed by atoms with Gasteiger partial charge < -0.3 is 19.7 Å². The van der Waals surface area contributed by atoms with E-state index in [-0.39, 0.29) is 18.1 Å². The molecule has 0 aromatic heterocycles. The van der Waals surface area contributed by atoms with E-state index in [2.05, 4.69) is 10.5 Å². The van der Waals surface area contributed by atoms with Crippen molar-refractivity contribution in [1.29, 1.82) is 0 Å². The van der Waals surface area contributed by atoms with E-state index in [0.717, 1.165) is 10.8 Å². The molecule has 1 unspecified atom stereocenters. The zero-order valence-corrected chi connectivity index (χ0v) is 16.0. The monoisotopic (exact) mass is 392 g/mol. The van der Waals surface area contributed by atoms with Gasteiger partial charge in [0.1, 0.15) is 18.1 Å². The van der Waals surface area contributed by atoms with Gasteiger partial charge in [-0.3, -0.25) is 4.79 Å². The summed E-state index contributed by atoms with van der Waals surface area (Å²) in [4.78, 5) is 12.4. The van der Waals surface area contributed by atoms with Crippen molar-refractivity contribution in [3.8, 4) is 23.0 Å². The summed E-state index contributed by atoms with van der Waals surface area (Å²) in [6.07, 6.45) is 0.484. The molecular formula is C22H20N2O5.